The van der Waals surface area contributed by atoms with Gasteiger partial charge in [0.2, 0.25) is 0 Å². The van der Waals surface area contributed by atoms with Gasteiger partial charge in [-0.05, 0) is 25.7 Å². The number of hydrogen-bond acceptors (Lipinski definition) is 2. The van der Waals surface area contributed by atoms with Crippen molar-refractivity contribution in [3.05, 3.63) is 0 Å². The topological polar surface area (TPSA) is 21.8 Å². The van der Waals surface area contributed by atoms with Crippen molar-refractivity contribution in [2.24, 2.45) is 0 Å². The highest BCUT2D eigenvalue weighted by Gasteiger charge is 2.61. The van der Waals surface area contributed by atoms with Gasteiger partial charge in [-0.1, -0.05) is 12.8 Å². The first-order valence-electron chi connectivity index (χ1n) is 5.25. The maximum atomic E-state index is 6.01. The second-order valence-electron chi connectivity index (χ2n) is 4.33. The molecular formula is C10H16O2. The Morgan fingerprint density at radius 3 is 2.50 bits per heavy atom. The van der Waals surface area contributed by atoms with E-state index in [4.69, 9.17) is 9.47 Å². The van der Waals surface area contributed by atoms with E-state index < -0.39 is 0 Å². The van der Waals surface area contributed by atoms with E-state index in [2.05, 4.69) is 0 Å². The maximum Gasteiger partial charge on any atom is 0.195 e. The minimum Gasteiger partial charge on any atom is -0.344 e. The Morgan fingerprint density at radius 2 is 1.92 bits per heavy atom. The third kappa shape index (κ3) is 1.01. The van der Waals surface area contributed by atoms with Crippen LogP contribution in [0.2, 0.25) is 0 Å². The van der Waals surface area contributed by atoms with E-state index in [9.17, 15) is 0 Å². The summed E-state index contributed by atoms with van der Waals surface area (Å²) in [5.74, 6) is -0.0744. The number of rotatable bonds is 2. The zero-order chi connectivity index (χ0) is 8.02. The Kier molecular flexibility index (Phi) is 1.50. The van der Waals surface area contributed by atoms with E-state index in [1.165, 1.54) is 38.5 Å². The summed E-state index contributed by atoms with van der Waals surface area (Å²) >= 11 is 0. The molecule has 0 aromatic carbocycles. The first-order chi connectivity index (χ1) is 5.89. The fraction of sp³-hybridized carbons (Fsp3) is 1.00. The summed E-state index contributed by atoms with van der Waals surface area (Å²) in [6, 6.07) is 0. The van der Waals surface area contributed by atoms with Crippen molar-refractivity contribution in [2.75, 3.05) is 0 Å². The van der Waals surface area contributed by atoms with Crippen LogP contribution in [0.15, 0.2) is 0 Å². The second-order valence-corrected chi connectivity index (χ2v) is 4.33. The Morgan fingerprint density at radius 1 is 1.08 bits per heavy atom. The molecular weight excluding hydrogens is 152 g/mol. The second kappa shape index (κ2) is 2.46. The normalized spacial score (nSPS) is 46.5. The molecule has 0 radical (unpaired) electrons. The molecule has 1 aliphatic heterocycles. The number of hydrogen-bond donors (Lipinski definition) is 0. The summed E-state index contributed by atoms with van der Waals surface area (Å²) in [5, 5.41) is 0. The van der Waals surface area contributed by atoms with Crippen molar-refractivity contribution in [3.63, 3.8) is 0 Å². The standard InChI is InChI=1S/C10H16O2/c1-2-5-8(4-1)11-10-7-3-6-9(10)12-10/h8-9H,1-7H2. The van der Waals surface area contributed by atoms with E-state index in [0.29, 0.717) is 12.2 Å². The summed E-state index contributed by atoms with van der Waals surface area (Å²) in [5.41, 5.74) is 0. The number of ether oxygens (including phenoxy) is 2. The smallest absolute Gasteiger partial charge is 0.195 e. The molecule has 12 heavy (non-hydrogen) atoms. The van der Waals surface area contributed by atoms with E-state index in [1.54, 1.807) is 0 Å². The van der Waals surface area contributed by atoms with Crippen molar-refractivity contribution >= 4 is 0 Å². The summed E-state index contributed by atoms with van der Waals surface area (Å²) in [4.78, 5) is 0. The predicted octanol–water partition coefficient (Wildman–Crippen LogP) is 2.22. The molecule has 3 fully saturated rings. The summed E-state index contributed by atoms with van der Waals surface area (Å²) in [6.07, 6.45) is 9.90. The molecule has 3 rings (SSSR count). The molecule has 0 aromatic rings. The van der Waals surface area contributed by atoms with Crippen LogP contribution in [0.4, 0.5) is 0 Å². The lowest BCUT2D eigenvalue weighted by Gasteiger charge is -2.16. The highest BCUT2D eigenvalue weighted by atomic mass is 16.8. The summed E-state index contributed by atoms with van der Waals surface area (Å²) < 4.78 is 11.6. The molecule has 0 spiro atoms. The molecule has 2 nitrogen and oxygen atoms in total. The van der Waals surface area contributed by atoms with Crippen molar-refractivity contribution in [1.29, 1.82) is 0 Å². The average molecular weight is 168 g/mol. The first kappa shape index (κ1) is 7.34. The SMILES string of the molecule is C1CCC(OC23CCCC2O3)C1. The first-order valence-corrected chi connectivity index (χ1v) is 5.25. The zero-order valence-electron chi connectivity index (χ0n) is 7.42. The van der Waals surface area contributed by atoms with Crippen LogP contribution in [0, 0.1) is 0 Å². The van der Waals surface area contributed by atoms with E-state index >= 15 is 0 Å². The maximum absolute atomic E-state index is 6.01. The van der Waals surface area contributed by atoms with Gasteiger partial charge in [-0.15, -0.1) is 0 Å². The predicted molar refractivity (Wildman–Crippen MR) is 44.8 cm³/mol. The molecule has 0 amide bonds. The molecule has 0 bridgehead atoms. The molecule has 2 atom stereocenters. The third-order valence-corrected chi connectivity index (χ3v) is 3.43. The van der Waals surface area contributed by atoms with Crippen molar-refractivity contribution in [1.82, 2.24) is 0 Å². The van der Waals surface area contributed by atoms with E-state index in [1.807, 2.05) is 0 Å². The average Bonchev–Trinajstić information content (AvgIpc) is 2.56. The van der Waals surface area contributed by atoms with Crippen LogP contribution in [0.25, 0.3) is 0 Å². The zero-order valence-corrected chi connectivity index (χ0v) is 7.42. The molecule has 0 N–H and O–H groups in total. The molecule has 1 heterocycles. The molecule has 2 saturated carbocycles. The highest BCUT2D eigenvalue weighted by Crippen LogP contribution is 2.52. The van der Waals surface area contributed by atoms with Crippen LogP contribution >= 0.6 is 0 Å². The van der Waals surface area contributed by atoms with Crippen LogP contribution in [0.3, 0.4) is 0 Å². The van der Waals surface area contributed by atoms with Crippen LogP contribution < -0.4 is 0 Å². The largest absolute Gasteiger partial charge is 0.344 e. The Balaban J connectivity index is 1.60. The Hall–Kier alpha value is -0.0800. The van der Waals surface area contributed by atoms with E-state index in [-0.39, 0.29) is 5.79 Å². The highest BCUT2D eigenvalue weighted by molar-refractivity contribution is 5.01. The lowest BCUT2D eigenvalue weighted by atomic mass is 10.2. The van der Waals surface area contributed by atoms with Crippen molar-refractivity contribution in [2.45, 2.75) is 62.9 Å². The Labute approximate surface area is 73.2 Å². The van der Waals surface area contributed by atoms with Gasteiger partial charge < -0.3 is 9.47 Å². The van der Waals surface area contributed by atoms with Gasteiger partial charge in [0.1, 0.15) is 6.10 Å². The molecule has 3 aliphatic rings. The van der Waals surface area contributed by atoms with Crippen molar-refractivity contribution < 1.29 is 9.47 Å². The van der Waals surface area contributed by atoms with Gasteiger partial charge in [0.15, 0.2) is 5.79 Å². The van der Waals surface area contributed by atoms with E-state index in [0.717, 1.165) is 6.42 Å². The van der Waals surface area contributed by atoms with Gasteiger partial charge in [0.25, 0.3) is 0 Å². The molecule has 2 aliphatic carbocycles. The molecule has 0 aromatic heterocycles. The third-order valence-electron chi connectivity index (χ3n) is 3.43. The van der Waals surface area contributed by atoms with Crippen LogP contribution in [0.5, 0.6) is 0 Å². The van der Waals surface area contributed by atoms with Crippen LogP contribution in [-0.2, 0) is 9.47 Å². The van der Waals surface area contributed by atoms with Gasteiger partial charge in [-0.2, -0.15) is 0 Å². The van der Waals surface area contributed by atoms with Gasteiger partial charge >= 0.3 is 0 Å². The van der Waals surface area contributed by atoms with Gasteiger partial charge in [0, 0.05) is 6.42 Å². The van der Waals surface area contributed by atoms with Crippen LogP contribution in [0.1, 0.15) is 44.9 Å². The minimum atomic E-state index is -0.0744. The fourth-order valence-corrected chi connectivity index (χ4v) is 2.69. The minimum absolute atomic E-state index is 0.0744. The number of fused-ring (bicyclic) bond motifs is 1. The summed E-state index contributed by atoms with van der Waals surface area (Å²) in [7, 11) is 0. The Bertz CT molecular complexity index is 186. The number of epoxide rings is 1. The van der Waals surface area contributed by atoms with Gasteiger partial charge in [-0.25, -0.2) is 0 Å². The monoisotopic (exact) mass is 168 g/mol. The lowest BCUT2D eigenvalue weighted by Crippen LogP contribution is -2.22. The molecule has 2 heteroatoms. The van der Waals surface area contributed by atoms with Crippen molar-refractivity contribution in [3.8, 4) is 0 Å². The van der Waals surface area contributed by atoms with Gasteiger partial charge in [0.05, 0.1) is 6.10 Å². The quantitative estimate of drug-likeness (QED) is 0.590. The molecule has 68 valence electrons. The molecule has 2 unspecified atom stereocenters. The lowest BCUT2D eigenvalue weighted by molar-refractivity contribution is -0.0900. The van der Waals surface area contributed by atoms with Crippen LogP contribution in [-0.4, -0.2) is 18.0 Å². The summed E-state index contributed by atoms with van der Waals surface area (Å²) in [6.45, 7) is 0. The fourth-order valence-electron chi connectivity index (χ4n) is 2.69. The van der Waals surface area contributed by atoms with Gasteiger partial charge in [-0.3, -0.25) is 0 Å². The molecule has 1 saturated heterocycles.